The summed E-state index contributed by atoms with van der Waals surface area (Å²) in [5.74, 6) is 1.31. The first-order chi connectivity index (χ1) is 17.5. The zero-order valence-corrected chi connectivity index (χ0v) is 20.5. The Hall–Kier alpha value is -4.30. The molecule has 0 spiro atoms. The highest BCUT2D eigenvalue weighted by Crippen LogP contribution is 2.28. The van der Waals surface area contributed by atoms with Gasteiger partial charge in [0.2, 0.25) is 10.0 Å². The zero-order valence-electron chi connectivity index (χ0n) is 19.7. The van der Waals surface area contributed by atoms with Crippen LogP contribution in [0.5, 0.6) is 0 Å². The Kier molecular flexibility index (Phi) is 6.60. The fourth-order valence-electron chi connectivity index (χ4n) is 4.10. The SMILES string of the molecule is CS(=O)(=O)Nc1ccc(-c2nc(NCC(c3ccccc3)c3ccccn3)c3ccccc3n2)cc1. The van der Waals surface area contributed by atoms with Crippen LogP contribution in [0.4, 0.5) is 11.5 Å². The predicted molar refractivity (Wildman–Crippen MR) is 144 cm³/mol. The molecular weight excluding hydrogens is 470 g/mol. The van der Waals surface area contributed by atoms with E-state index < -0.39 is 10.0 Å². The van der Waals surface area contributed by atoms with Crippen LogP contribution in [-0.4, -0.2) is 36.2 Å². The Morgan fingerprint density at radius 1 is 0.806 bits per heavy atom. The van der Waals surface area contributed by atoms with Crippen molar-refractivity contribution in [1.82, 2.24) is 15.0 Å². The summed E-state index contributed by atoms with van der Waals surface area (Å²) in [6.07, 6.45) is 2.94. The molecule has 0 radical (unpaired) electrons. The Bertz CT molecular complexity index is 1540. The minimum atomic E-state index is -3.35. The Morgan fingerprint density at radius 2 is 1.53 bits per heavy atom. The highest BCUT2D eigenvalue weighted by Gasteiger charge is 2.17. The lowest BCUT2D eigenvalue weighted by Crippen LogP contribution is -2.16. The van der Waals surface area contributed by atoms with Crippen LogP contribution >= 0.6 is 0 Å². The summed E-state index contributed by atoms with van der Waals surface area (Å²) < 4.78 is 25.5. The second-order valence-electron chi connectivity index (χ2n) is 8.46. The van der Waals surface area contributed by atoms with Crippen molar-refractivity contribution in [2.24, 2.45) is 0 Å². The van der Waals surface area contributed by atoms with Gasteiger partial charge in [0.15, 0.2) is 5.82 Å². The van der Waals surface area contributed by atoms with E-state index in [-0.39, 0.29) is 5.92 Å². The van der Waals surface area contributed by atoms with E-state index in [1.807, 2.05) is 79.0 Å². The fraction of sp³-hybridized carbons (Fsp3) is 0.107. The molecule has 8 heteroatoms. The second-order valence-corrected chi connectivity index (χ2v) is 10.2. The number of anilines is 2. The molecule has 3 aromatic carbocycles. The molecule has 0 aliphatic carbocycles. The first-order valence-corrected chi connectivity index (χ1v) is 13.4. The molecule has 0 bridgehead atoms. The lowest BCUT2D eigenvalue weighted by Gasteiger charge is -2.19. The molecule has 2 aromatic heterocycles. The van der Waals surface area contributed by atoms with Crippen molar-refractivity contribution in [3.05, 3.63) is 115 Å². The average Bonchev–Trinajstić information content (AvgIpc) is 2.89. The van der Waals surface area contributed by atoms with Gasteiger partial charge in [-0.25, -0.2) is 18.4 Å². The summed E-state index contributed by atoms with van der Waals surface area (Å²) in [6, 6.07) is 31.1. The van der Waals surface area contributed by atoms with Crippen LogP contribution < -0.4 is 10.0 Å². The normalized spacial score (nSPS) is 12.2. The van der Waals surface area contributed by atoms with Crippen LogP contribution in [0.25, 0.3) is 22.3 Å². The van der Waals surface area contributed by atoms with Gasteiger partial charge in [0, 0.05) is 41.0 Å². The predicted octanol–water partition coefficient (Wildman–Crippen LogP) is 5.31. The summed E-state index contributed by atoms with van der Waals surface area (Å²) in [4.78, 5) is 14.2. The molecule has 2 N–H and O–H groups in total. The van der Waals surface area contributed by atoms with Crippen LogP contribution in [0.15, 0.2) is 103 Å². The summed E-state index contributed by atoms with van der Waals surface area (Å²) in [5.41, 5.74) is 4.23. The van der Waals surface area contributed by atoms with Gasteiger partial charge in [-0.2, -0.15) is 0 Å². The number of nitrogens with one attached hydrogen (secondary N) is 2. The number of nitrogens with zero attached hydrogens (tertiary/aromatic N) is 3. The van der Waals surface area contributed by atoms with Crippen molar-refractivity contribution in [1.29, 1.82) is 0 Å². The van der Waals surface area contributed by atoms with E-state index in [1.54, 1.807) is 12.1 Å². The van der Waals surface area contributed by atoms with Gasteiger partial charge in [-0.1, -0.05) is 48.5 Å². The third-order valence-corrected chi connectivity index (χ3v) is 6.38. The molecule has 7 nitrogen and oxygen atoms in total. The highest BCUT2D eigenvalue weighted by atomic mass is 32.2. The van der Waals surface area contributed by atoms with Gasteiger partial charge in [0.05, 0.1) is 11.8 Å². The molecule has 0 amide bonds. The molecule has 5 rings (SSSR count). The van der Waals surface area contributed by atoms with E-state index in [9.17, 15) is 8.42 Å². The number of aromatic nitrogens is 3. The largest absolute Gasteiger partial charge is 0.368 e. The van der Waals surface area contributed by atoms with Crippen molar-refractivity contribution in [3.63, 3.8) is 0 Å². The van der Waals surface area contributed by atoms with Crippen molar-refractivity contribution in [2.45, 2.75) is 5.92 Å². The maximum Gasteiger partial charge on any atom is 0.229 e. The summed E-state index contributed by atoms with van der Waals surface area (Å²) >= 11 is 0. The Labute approximate surface area is 210 Å². The summed E-state index contributed by atoms with van der Waals surface area (Å²) in [5, 5.41) is 4.48. The molecular formula is C28H25N5O2S. The van der Waals surface area contributed by atoms with Crippen LogP contribution in [0.1, 0.15) is 17.2 Å². The van der Waals surface area contributed by atoms with E-state index in [0.29, 0.717) is 18.1 Å². The van der Waals surface area contributed by atoms with Crippen molar-refractivity contribution in [3.8, 4) is 11.4 Å². The first kappa shape index (κ1) is 23.4. The highest BCUT2D eigenvalue weighted by molar-refractivity contribution is 7.92. The number of pyridine rings is 1. The third kappa shape index (κ3) is 5.50. The monoisotopic (exact) mass is 495 g/mol. The molecule has 5 aromatic rings. The van der Waals surface area contributed by atoms with Crippen LogP contribution in [0.2, 0.25) is 0 Å². The maximum absolute atomic E-state index is 11.5. The van der Waals surface area contributed by atoms with Gasteiger partial charge in [-0.3, -0.25) is 9.71 Å². The zero-order chi connectivity index (χ0) is 25.0. The molecule has 0 saturated carbocycles. The Balaban J connectivity index is 1.49. The number of fused-ring (bicyclic) bond motifs is 1. The molecule has 180 valence electrons. The van der Waals surface area contributed by atoms with Gasteiger partial charge < -0.3 is 5.32 Å². The number of rotatable bonds is 8. The molecule has 0 fully saturated rings. The van der Waals surface area contributed by atoms with Gasteiger partial charge in [0.25, 0.3) is 0 Å². The maximum atomic E-state index is 11.5. The molecule has 0 aliphatic heterocycles. The number of para-hydroxylation sites is 1. The fourth-order valence-corrected chi connectivity index (χ4v) is 4.67. The summed E-state index contributed by atoms with van der Waals surface area (Å²) in [7, 11) is -3.35. The molecule has 2 heterocycles. The molecule has 1 atom stereocenters. The average molecular weight is 496 g/mol. The van der Waals surface area contributed by atoms with Crippen molar-refractivity contribution < 1.29 is 8.42 Å². The first-order valence-electron chi connectivity index (χ1n) is 11.5. The lowest BCUT2D eigenvalue weighted by molar-refractivity contribution is 0.607. The smallest absolute Gasteiger partial charge is 0.229 e. The van der Waals surface area contributed by atoms with Gasteiger partial charge in [0.1, 0.15) is 5.82 Å². The van der Waals surface area contributed by atoms with Gasteiger partial charge in [-0.15, -0.1) is 0 Å². The molecule has 0 saturated heterocycles. The van der Waals surface area contributed by atoms with E-state index in [1.165, 1.54) is 0 Å². The molecule has 0 aliphatic rings. The Morgan fingerprint density at radius 3 is 2.25 bits per heavy atom. The van der Waals surface area contributed by atoms with E-state index in [2.05, 4.69) is 27.2 Å². The quantitative estimate of drug-likeness (QED) is 0.303. The van der Waals surface area contributed by atoms with E-state index >= 15 is 0 Å². The number of benzene rings is 3. The topological polar surface area (TPSA) is 96.9 Å². The second kappa shape index (κ2) is 10.1. The van der Waals surface area contributed by atoms with Gasteiger partial charge >= 0.3 is 0 Å². The van der Waals surface area contributed by atoms with Crippen molar-refractivity contribution >= 4 is 32.4 Å². The molecule has 36 heavy (non-hydrogen) atoms. The van der Waals surface area contributed by atoms with Crippen LogP contribution in [0, 0.1) is 0 Å². The van der Waals surface area contributed by atoms with Crippen LogP contribution in [-0.2, 0) is 10.0 Å². The molecule has 1 unspecified atom stereocenters. The minimum Gasteiger partial charge on any atom is -0.368 e. The number of hydrogen-bond donors (Lipinski definition) is 2. The number of sulfonamides is 1. The summed E-state index contributed by atoms with van der Waals surface area (Å²) in [6.45, 7) is 0.596. The van der Waals surface area contributed by atoms with Gasteiger partial charge in [-0.05, 0) is 54.1 Å². The lowest BCUT2D eigenvalue weighted by atomic mass is 9.95. The standard InChI is InChI=1S/C28H25N5O2S/c1-36(34,35)33-22-16-14-21(15-17-22)27-31-26-13-6-5-11-23(26)28(32-27)30-19-24(20-9-3-2-4-10-20)25-12-7-8-18-29-25/h2-18,24,33H,19H2,1H3,(H,30,31,32). The van der Waals surface area contributed by atoms with E-state index in [4.69, 9.17) is 9.97 Å². The van der Waals surface area contributed by atoms with Crippen LogP contribution in [0.3, 0.4) is 0 Å². The van der Waals surface area contributed by atoms with E-state index in [0.717, 1.165) is 39.8 Å². The number of hydrogen-bond acceptors (Lipinski definition) is 6. The van der Waals surface area contributed by atoms with Crippen molar-refractivity contribution in [2.75, 3.05) is 22.8 Å². The third-order valence-electron chi connectivity index (χ3n) is 5.77. The minimum absolute atomic E-state index is 0.0333.